The van der Waals surface area contributed by atoms with Crippen LogP contribution in [0, 0.1) is 0 Å². The summed E-state index contributed by atoms with van der Waals surface area (Å²) < 4.78 is 6.91. The van der Waals surface area contributed by atoms with Gasteiger partial charge in [0, 0.05) is 31.4 Å². The second kappa shape index (κ2) is 10.4. The van der Waals surface area contributed by atoms with Crippen LogP contribution >= 0.6 is 23.1 Å². The third-order valence-electron chi connectivity index (χ3n) is 5.61. The summed E-state index contributed by atoms with van der Waals surface area (Å²) in [7, 11) is 1.80. The fraction of sp³-hybridized carbons (Fsp3) is 0.333. The number of aromatic nitrogens is 3. The van der Waals surface area contributed by atoms with Crippen LogP contribution in [0.3, 0.4) is 0 Å². The first-order chi connectivity index (χ1) is 16.0. The lowest BCUT2D eigenvalue weighted by Crippen LogP contribution is -2.31. The monoisotopic (exact) mass is 481 g/mol. The van der Waals surface area contributed by atoms with Crippen molar-refractivity contribution in [2.75, 3.05) is 30.8 Å². The van der Waals surface area contributed by atoms with Crippen LogP contribution in [0.2, 0.25) is 0 Å². The van der Waals surface area contributed by atoms with Gasteiger partial charge in [-0.15, -0.1) is 21.5 Å². The number of thioether (sulfide) groups is 1. The van der Waals surface area contributed by atoms with E-state index in [4.69, 9.17) is 4.42 Å². The van der Waals surface area contributed by atoms with Gasteiger partial charge in [-0.3, -0.25) is 4.79 Å². The third-order valence-corrected chi connectivity index (χ3v) is 7.62. The Morgan fingerprint density at radius 3 is 2.52 bits per heavy atom. The van der Waals surface area contributed by atoms with Crippen LogP contribution in [-0.2, 0) is 4.79 Å². The van der Waals surface area contributed by atoms with Gasteiger partial charge < -0.3 is 14.2 Å². The van der Waals surface area contributed by atoms with Gasteiger partial charge in [0.05, 0.1) is 22.0 Å². The molecule has 1 amide bonds. The number of anilines is 1. The molecule has 2 heterocycles. The van der Waals surface area contributed by atoms with E-state index in [1.165, 1.54) is 11.8 Å². The number of rotatable bonds is 9. The van der Waals surface area contributed by atoms with Crippen molar-refractivity contribution in [3.8, 4) is 11.5 Å². The van der Waals surface area contributed by atoms with E-state index in [0.29, 0.717) is 11.1 Å². The van der Waals surface area contributed by atoms with Gasteiger partial charge >= 0.3 is 0 Å². The zero-order valence-electron chi connectivity index (χ0n) is 19.2. The number of amides is 1. The third kappa shape index (κ3) is 5.20. The van der Waals surface area contributed by atoms with Crippen molar-refractivity contribution < 1.29 is 9.21 Å². The van der Waals surface area contributed by atoms with Crippen molar-refractivity contribution >= 4 is 44.9 Å². The van der Waals surface area contributed by atoms with Gasteiger partial charge in [-0.1, -0.05) is 23.9 Å². The quantitative estimate of drug-likeness (QED) is 0.292. The van der Waals surface area contributed by atoms with E-state index in [2.05, 4.69) is 46.1 Å². The Morgan fingerprint density at radius 1 is 1.09 bits per heavy atom. The molecule has 1 atom stereocenters. The van der Waals surface area contributed by atoms with Gasteiger partial charge in [0.1, 0.15) is 5.01 Å². The summed E-state index contributed by atoms with van der Waals surface area (Å²) in [4.78, 5) is 21.4. The van der Waals surface area contributed by atoms with Gasteiger partial charge in [0.2, 0.25) is 11.8 Å². The number of thiazole rings is 1. The molecule has 0 radical (unpaired) electrons. The summed E-state index contributed by atoms with van der Waals surface area (Å²) in [5.41, 5.74) is 2.98. The molecule has 2 aromatic heterocycles. The average Bonchev–Trinajstić information content (AvgIpc) is 3.50. The predicted octanol–water partition coefficient (Wildman–Crippen LogP) is 5.50. The summed E-state index contributed by atoms with van der Waals surface area (Å²) >= 11 is 2.86. The molecule has 0 bridgehead atoms. The first-order valence-corrected chi connectivity index (χ1v) is 12.7. The number of carbonyl (C=O) groups excluding carboxylic acids is 1. The largest absolute Gasteiger partial charge is 0.411 e. The highest BCUT2D eigenvalue weighted by molar-refractivity contribution is 7.99. The Kier molecular flexibility index (Phi) is 7.29. The summed E-state index contributed by atoms with van der Waals surface area (Å²) in [5, 5.41) is 9.55. The molecule has 0 aliphatic carbocycles. The molecule has 4 rings (SSSR count). The molecule has 0 fully saturated rings. The standard InChI is InChI=1S/C24H27N5O2S2/c1-5-29(6-2)18-13-11-17(12-14-18)22-26-27-24(31-22)32-15-21(30)28(4)16(3)23-25-19-9-7-8-10-20(19)33-23/h7-14,16H,5-6,15H2,1-4H3/t16-/m1/s1. The van der Waals surface area contributed by atoms with Crippen molar-refractivity contribution in [1.29, 1.82) is 0 Å². The lowest BCUT2D eigenvalue weighted by Gasteiger charge is -2.22. The maximum Gasteiger partial charge on any atom is 0.277 e. The zero-order chi connectivity index (χ0) is 23.4. The van der Waals surface area contributed by atoms with E-state index in [9.17, 15) is 4.79 Å². The molecule has 4 aromatic rings. The molecule has 33 heavy (non-hydrogen) atoms. The molecule has 0 saturated carbocycles. The van der Waals surface area contributed by atoms with Crippen molar-refractivity contribution in [2.24, 2.45) is 0 Å². The van der Waals surface area contributed by atoms with E-state index < -0.39 is 0 Å². The maximum absolute atomic E-state index is 12.8. The minimum absolute atomic E-state index is 0.0184. The minimum atomic E-state index is -0.113. The SMILES string of the molecule is CCN(CC)c1ccc(-c2nnc(SCC(=O)N(C)[C@H](C)c3nc4ccccc4s3)o2)cc1. The van der Waals surface area contributed by atoms with Crippen LogP contribution in [0.1, 0.15) is 31.8 Å². The topological polar surface area (TPSA) is 75.4 Å². The number of benzene rings is 2. The Morgan fingerprint density at radius 2 is 1.82 bits per heavy atom. The van der Waals surface area contributed by atoms with Gasteiger partial charge in [0.25, 0.3) is 5.22 Å². The van der Waals surface area contributed by atoms with E-state index in [-0.39, 0.29) is 17.7 Å². The molecule has 0 unspecified atom stereocenters. The van der Waals surface area contributed by atoms with Crippen molar-refractivity contribution in [2.45, 2.75) is 32.0 Å². The van der Waals surface area contributed by atoms with Gasteiger partial charge in [0.15, 0.2) is 0 Å². The molecule has 172 valence electrons. The molecule has 0 spiro atoms. The predicted molar refractivity (Wildman–Crippen MR) is 135 cm³/mol. The normalized spacial score (nSPS) is 12.1. The molecule has 0 aliphatic heterocycles. The highest BCUT2D eigenvalue weighted by Gasteiger charge is 2.21. The van der Waals surface area contributed by atoms with Crippen LogP contribution in [0.5, 0.6) is 0 Å². The van der Waals surface area contributed by atoms with Crippen LogP contribution in [0.4, 0.5) is 5.69 Å². The fourth-order valence-electron chi connectivity index (χ4n) is 3.46. The molecule has 0 aliphatic rings. The molecular weight excluding hydrogens is 454 g/mol. The summed E-state index contributed by atoms with van der Waals surface area (Å²) in [6.07, 6.45) is 0. The number of nitrogens with zero attached hydrogens (tertiary/aromatic N) is 5. The van der Waals surface area contributed by atoms with E-state index in [0.717, 1.165) is 39.6 Å². The number of hydrogen-bond donors (Lipinski definition) is 0. The van der Waals surface area contributed by atoms with E-state index in [1.807, 2.05) is 43.3 Å². The van der Waals surface area contributed by atoms with Crippen LogP contribution < -0.4 is 4.90 Å². The maximum atomic E-state index is 12.8. The molecule has 9 heteroatoms. The van der Waals surface area contributed by atoms with Gasteiger partial charge in [-0.25, -0.2) is 4.98 Å². The molecule has 2 aromatic carbocycles. The Balaban J connectivity index is 1.36. The van der Waals surface area contributed by atoms with Crippen molar-refractivity contribution in [3.63, 3.8) is 0 Å². The highest BCUT2D eigenvalue weighted by atomic mass is 32.2. The summed E-state index contributed by atoms with van der Waals surface area (Å²) in [5.74, 6) is 0.649. The van der Waals surface area contributed by atoms with Gasteiger partial charge in [-0.05, 0) is 57.2 Å². The van der Waals surface area contributed by atoms with Crippen molar-refractivity contribution in [1.82, 2.24) is 20.1 Å². The van der Waals surface area contributed by atoms with E-state index >= 15 is 0 Å². The second-order valence-electron chi connectivity index (χ2n) is 7.58. The molecular formula is C24H27N5O2S2. The minimum Gasteiger partial charge on any atom is -0.411 e. The van der Waals surface area contributed by atoms with Crippen LogP contribution in [0.25, 0.3) is 21.7 Å². The van der Waals surface area contributed by atoms with Crippen LogP contribution in [0.15, 0.2) is 58.2 Å². The Labute approximate surface area is 201 Å². The first kappa shape index (κ1) is 23.3. The Hall–Kier alpha value is -2.91. The number of carbonyl (C=O) groups is 1. The number of hydrogen-bond acceptors (Lipinski definition) is 8. The fourth-order valence-corrected chi connectivity index (χ4v) is 5.21. The smallest absolute Gasteiger partial charge is 0.277 e. The lowest BCUT2D eigenvalue weighted by molar-refractivity contribution is -0.128. The lowest BCUT2D eigenvalue weighted by atomic mass is 10.2. The Bertz CT molecular complexity index is 1180. The van der Waals surface area contributed by atoms with E-state index in [1.54, 1.807) is 23.3 Å². The van der Waals surface area contributed by atoms with Gasteiger partial charge in [-0.2, -0.15) is 0 Å². The second-order valence-corrected chi connectivity index (χ2v) is 9.57. The molecule has 0 N–H and O–H groups in total. The first-order valence-electron chi connectivity index (χ1n) is 10.9. The number of fused-ring (bicyclic) bond motifs is 1. The molecule has 0 saturated heterocycles. The van der Waals surface area contributed by atoms with Crippen LogP contribution in [-0.4, -0.2) is 51.9 Å². The zero-order valence-corrected chi connectivity index (χ0v) is 20.8. The summed E-state index contributed by atoms with van der Waals surface area (Å²) in [6, 6.07) is 16.0. The van der Waals surface area contributed by atoms with Crippen molar-refractivity contribution in [3.05, 3.63) is 53.5 Å². The summed E-state index contributed by atoms with van der Waals surface area (Å²) in [6.45, 7) is 8.18. The average molecular weight is 482 g/mol. The highest BCUT2D eigenvalue weighted by Crippen LogP contribution is 2.30. The number of para-hydroxylation sites is 1. The molecule has 7 nitrogen and oxygen atoms in total.